The molecule has 2 aromatic rings. The number of imidazole rings is 1. The third kappa shape index (κ3) is 2.32. The van der Waals surface area contributed by atoms with Gasteiger partial charge in [0.15, 0.2) is 4.77 Å². The van der Waals surface area contributed by atoms with Crippen molar-refractivity contribution >= 4 is 33.6 Å². The Hall–Kier alpha value is -0.180. The molecule has 0 atom stereocenters. The molecule has 15 heavy (non-hydrogen) atoms. The molecule has 2 N–H and O–H groups in total. The Balaban J connectivity index is 0.00000112. The second kappa shape index (κ2) is 4.36. The standard InChI is InChI=1S/C7H6N2O3S2.Na.H/c10-14(11,12)9-6-4-2-1-3-5(6)8-7(9)13;;/h1-4H,(H,8,13)(H,10,11,12);;/q;+1;-1. The average molecular weight is 254 g/mol. The van der Waals surface area contributed by atoms with E-state index in [2.05, 4.69) is 4.98 Å². The van der Waals surface area contributed by atoms with Crippen LogP contribution in [0.15, 0.2) is 24.3 Å². The molecule has 1 aromatic carbocycles. The number of aromatic nitrogens is 2. The predicted octanol–water partition coefficient (Wildman–Crippen LogP) is -1.53. The number of fused-ring (bicyclic) bond motifs is 1. The number of benzene rings is 1. The maximum Gasteiger partial charge on any atom is 1.00 e. The van der Waals surface area contributed by atoms with Crippen LogP contribution in [-0.2, 0) is 10.3 Å². The van der Waals surface area contributed by atoms with Crippen LogP contribution in [0.25, 0.3) is 11.0 Å². The first-order valence-corrected chi connectivity index (χ1v) is 5.48. The van der Waals surface area contributed by atoms with Crippen molar-refractivity contribution in [1.82, 2.24) is 8.96 Å². The Kier molecular flexibility index (Phi) is 3.75. The van der Waals surface area contributed by atoms with Gasteiger partial charge >= 0.3 is 39.9 Å². The van der Waals surface area contributed by atoms with Crippen LogP contribution in [0.2, 0.25) is 0 Å². The van der Waals surface area contributed by atoms with Gasteiger partial charge in [-0.1, -0.05) is 12.1 Å². The van der Waals surface area contributed by atoms with Crippen LogP contribution in [0.3, 0.4) is 0 Å². The van der Waals surface area contributed by atoms with E-state index >= 15 is 0 Å². The van der Waals surface area contributed by atoms with Gasteiger partial charge in [0.05, 0.1) is 11.0 Å². The summed E-state index contributed by atoms with van der Waals surface area (Å²) < 4.78 is 31.5. The molecular weight excluding hydrogens is 247 g/mol. The van der Waals surface area contributed by atoms with Crippen LogP contribution < -0.4 is 29.6 Å². The number of H-pyrrole nitrogens is 1. The Morgan fingerprint density at radius 2 is 2.00 bits per heavy atom. The zero-order valence-electron chi connectivity index (χ0n) is 8.84. The van der Waals surface area contributed by atoms with Gasteiger partial charge < -0.3 is 6.41 Å². The Morgan fingerprint density at radius 1 is 1.40 bits per heavy atom. The molecule has 0 aliphatic rings. The van der Waals surface area contributed by atoms with Crippen LogP contribution >= 0.6 is 12.2 Å². The van der Waals surface area contributed by atoms with Gasteiger partial charge in [-0.3, -0.25) is 4.55 Å². The van der Waals surface area contributed by atoms with Crippen molar-refractivity contribution in [3.8, 4) is 0 Å². The van der Waals surface area contributed by atoms with Crippen LogP contribution in [0.4, 0.5) is 0 Å². The zero-order valence-corrected chi connectivity index (χ0v) is 11.5. The first kappa shape index (κ1) is 12.9. The van der Waals surface area contributed by atoms with Crippen molar-refractivity contribution in [3.63, 3.8) is 0 Å². The van der Waals surface area contributed by atoms with Crippen molar-refractivity contribution in [2.75, 3.05) is 0 Å². The van der Waals surface area contributed by atoms with E-state index in [-0.39, 0.29) is 35.8 Å². The van der Waals surface area contributed by atoms with Crippen molar-refractivity contribution in [3.05, 3.63) is 29.0 Å². The maximum atomic E-state index is 11.0. The molecule has 1 heterocycles. The van der Waals surface area contributed by atoms with E-state index in [4.69, 9.17) is 16.8 Å². The topological polar surface area (TPSA) is 75.1 Å². The monoisotopic (exact) mass is 254 g/mol. The minimum atomic E-state index is -4.34. The number of para-hydroxylation sites is 2. The van der Waals surface area contributed by atoms with E-state index in [1.54, 1.807) is 24.3 Å². The molecule has 0 spiro atoms. The summed E-state index contributed by atoms with van der Waals surface area (Å²) >= 11 is 4.77. The molecule has 0 aliphatic heterocycles. The molecule has 0 amide bonds. The molecule has 0 aliphatic carbocycles. The van der Waals surface area contributed by atoms with E-state index in [0.29, 0.717) is 15.0 Å². The first-order valence-electron chi connectivity index (χ1n) is 3.68. The van der Waals surface area contributed by atoms with Gasteiger partial charge in [-0.2, -0.15) is 12.4 Å². The number of aromatic amines is 1. The van der Waals surface area contributed by atoms with Crippen LogP contribution in [-0.4, -0.2) is 21.9 Å². The van der Waals surface area contributed by atoms with Gasteiger partial charge in [-0.25, -0.2) is 0 Å². The van der Waals surface area contributed by atoms with Gasteiger partial charge in [0.25, 0.3) is 0 Å². The maximum absolute atomic E-state index is 11.0. The van der Waals surface area contributed by atoms with Gasteiger partial charge in [-0.15, -0.1) is 0 Å². The largest absolute Gasteiger partial charge is 1.00 e. The zero-order chi connectivity index (χ0) is 10.3. The van der Waals surface area contributed by atoms with Crippen LogP contribution in [0.1, 0.15) is 1.43 Å². The number of nitrogens with zero attached hydrogens (tertiary/aromatic N) is 1. The summed E-state index contributed by atoms with van der Waals surface area (Å²) in [4.78, 5) is 2.67. The van der Waals surface area contributed by atoms with E-state index < -0.39 is 10.3 Å². The summed E-state index contributed by atoms with van der Waals surface area (Å²) in [7, 11) is -4.34. The molecule has 0 saturated heterocycles. The van der Waals surface area contributed by atoms with Gasteiger partial charge in [-0.05, 0) is 24.4 Å². The summed E-state index contributed by atoms with van der Waals surface area (Å²) in [5, 5.41) is 0. The van der Waals surface area contributed by atoms with E-state index in [9.17, 15) is 8.42 Å². The molecule has 0 saturated carbocycles. The number of nitrogens with one attached hydrogen (secondary N) is 1. The van der Waals surface area contributed by atoms with E-state index in [1.165, 1.54) is 0 Å². The fraction of sp³-hybridized carbons (Fsp3) is 0. The first-order chi connectivity index (χ1) is 6.50. The summed E-state index contributed by atoms with van der Waals surface area (Å²) in [6, 6.07) is 6.62. The third-order valence-corrected chi connectivity index (χ3v) is 3.02. The number of hydrogen-bond donors (Lipinski definition) is 2. The quantitative estimate of drug-likeness (QED) is 0.368. The SMILES string of the molecule is O=S(=O)(O)n1c(=S)[nH]c2ccccc21.[H-].[Na+]. The Labute approximate surface area is 115 Å². The third-order valence-electron chi connectivity index (χ3n) is 1.78. The molecule has 8 heteroatoms. The summed E-state index contributed by atoms with van der Waals surface area (Å²) in [5.74, 6) is 0. The van der Waals surface area contributed by atoms with Crippen molar-refractivity contribution < 1.29 is 44.0 Å². The Bertz CT molecular complexity index is 649. The van der Waals surface area contributed by atoms with E-state index in [0.717, 1.165) is 0 Å². The fourth-order valence-electron chi connectivity index (χ4n) is 1.26. The minimum absolute atomic E-state index is 0. The number of hydrogen-bond acceptors (Lipinski definition) is 3. The van der Waals surface area contributed by atoms with Crippen molar-refractivity contribution in [2.45, 2.75) is 0 Å². The van der Waals surface area contributed by atoms with Crippen LogP contribution in [0.5, 0.6) is 0 Å². The van der Waals surface area contributed by atoms with Crippen LogP contribution in [0, 0.1) is 4.77 Å². The summed E-state index contributed by atoms with van der Waals surface area (Å²) in [6.07, 6.45) is 0. The van der Waals surface area contributed by atoms with Gasteiger partial charge in [0, 0.05) is 0 Å². The molecule has 1 aromatic heterocycles. The molecule has 0 radical (unpaired) electrons. The molecule has 2 rings (SSSR count). The molecular formula is C7H7N2NaO3S2. The molecule has 0 unspecified atom stereocenters. The molecule has 76 valence electrons. The summed E-state index contributed by atoms with van der Waals surface area (Å²) in [6.45, 7) is 0. The number of rotatable bonds is 1. The predicted molar refractivity (Wildman–Crippen MR) is 55.2 cm³/mol. The molecule has 0 bridgehead atoms. The molecule has 5 nitrogen and oxygen atoms in total. The smallest absolute Gasteiger partial charge is 1.00 e. The summed E-state index contributed by atoms with van der Waals surface area (Å²) in [5.41, 5.74) is 0.898. The second-order valence-electron chi connectivity index (χ2n) is 2.69. The van der Waals surface area contributed by atoms with Gasteiger partial charge in [0.2, 0.25) is 0 Å². The van der Waals surface area contributed by atoms with Crippen molar-refractivity contribution in [1.29, 1.82) is 0 Å². The fourth-order valence-corrected chi connectivity index (χ4v) is 2.41. The average Bonchev–Trinajstić information content (AvgIpc) is 2.38. The second-order valence-corrected chi connectivity index (χ2v) is 4.34. The normalized spacial score (nSPS) is 11.3. The van der Waals surface area contributed by atoms with E-state index in [1.807, 2.05) is 0 Å². The minimum Gasteiger partial charge on any atom is -1.00 e. The van der Waals surface area contributed by atoms with Gasteiger partial charge in [0.1, 0.15) is 0 Å². The molecule has 0 fully saturated rings. The Morgan fingerprint density at radius 3 is 2.60 bits per heavy atom. The van der Waals surface area contributed by atoms with Crippen molar-refractivity contribution in [2.24, 2.45) is 0 Å².